The van der Waals surface area contributed by atoms with E-state index in [2.05, 4.69) is 10.3 Å². The van der Waals surface area contributed by atoms with Gasteiger partial charge in [-0.3, -0.25) is 4.99 Å². The third-order valence-corrected chi connectivity index (χ3v) is 5.15. The Morgan fingerprint density at radius 3 is 2.75 bits per heavy atom. The maximum atomic E-state index is 14.3. The maximum absolute atomic E-state index is 14.3. The topological polar surface area (TPSA) is 59.6 Å². The molecule has 2 aliphatic rings. The van der Waals surface area contributed by atoms with Crippen molar-refractivity contribution in [2.24, 2.45) is 10.7 Å². The zero-order chi connectivity index (χ0) is 17.0. The van der Waals surface area contributed by atoms with Crippen LogP contribution in [0.5, 0.6) is 0 Å². The summed E-state index contributed by atoms with van der Waals surface area (Å²) in [6, 6.07) is 3.83. The number of rotatable bonds is 5. The molecule has 2 fully saturated rings. The lowest BCUT2D eigenvalue weighted by Gasteiger charge is -2.28. The second kappa shape index (κ2) is 7.47. The predicted molar refractivity (Wildman–Crippen MR) is 90.0 cm³/mol. The third kappa shape index (κ3) is 3.86. The number of ether oxygens (including phenoxy) is 1. The van der Waals surface area contributed by atoms with Crippen LogP contribution < -0.4 is 11.1 Å². The Morgan fingerprint density at radius 2 is 2.08 bits per heavy atom. The van der Waals surface area contributed by atoms with Crippen LogP contribution in [0.4, 0.5) is 8.78 Å². The molecular formula is C18H25F2N3O. The van der Waals surface area contributed by atoms with Gasteiger partial charge < -0.3 is 15.8 Å². The number of hydrogen-bond donors (Lipinski definition) is 2. The molecule has 3 rings (SSSR count). The van der Waals surface area contributed by atoms with Gasteiger partial charge in [0.2, 0.25) is 0 Å². The van der Waals surface area contributed by atoms with Crippen LogP contribution in [0.3, 0.4) is 0 Å². The van der Waals surface area contributed by atoms with E-state index in [0.29, 0.717) is 24.6 Å². The van der Waals surface area contributed by atoms with Crippen LogP contribution in [-0.4, -0.2) is 31.8 Å². The average Bonchev–Trinajstić information content (AvgIpc) is 3.23. The Hall–Kier alpha value is -1.69. The summed E-state index contributed by atoms with van der Waals surface area (Å²) in [5.74, 6) is -0.678. The second-order valence-electron chi connectivity index (χ2n) is 6.83. The number of aliphatic imine (C=N–C) groups is 1. The normalized spacial score (nSPS) is 23.6. The molecule has 1 saturated carbocycles. The molecule has 1 aromatic rings. The van der Waals surface area contributed by atoms with Gasteiger partial charge in [0, 0.05) is 24.6 Å². The van der Waals surface area contributed by atoms with Crippen molar-refractivity contribution in [2.45, 2.75) is 50.0 Å². The van der Waals surface area contributed by atoms with E-state index in [1.54, 1.807) is 6.07 Å². The molecule has 1 atom stereocenters. The van der Waals surface area contributed by atoms with Gasteiger partial charge in [-0.1, -0.05) is 18.9 Å². The van der Waals surface area contributed by atoms with Gasteiger partial charge in [-0.05, 0) is 37.3 Å². The summed E-state index contributed by atoms with van der Waals surface area (Å²) < 4.78 is 33.0. The van der Waals surface area contributed by atoms with Crippen LogP contribution in [0.1, 0.15) is 44.1 Å². The van der Waals surface area contributed by atoms with Crippen molar-refractivity contribution in [3.8, 4) is 0 Å². The van der Waals surface area contributed by atoms with Crippen LogP contribution in [0.15, 0.2) is 23.2 Å². The molecular weight excluding hydrogens is 312 g/mol. The molecule has 1 unspecified atom stereocenters. The molecule has 1 saturated heterocycles. The zero-order valence-electron chi connectivity index (χ0n) is 13.9. The van der Waals surface area contributed by atoms with Crippen LogP contribution in [0.2, 0.25) is 0 Å². The molecule has 24 heavy (non-hydrogen) atoms. The molecule has 1 aliphatic heterocycles. The average molecular weight is 337 g/mol. The molecule has 1 aromatic carbocycles. The van der Waals surface area contributed by atoms with Gasteiger partial charge in [0.05, 0.1) is 12.6 Å². The van der Waals surface area contributed by atoms with Crippen molar-refractivity contribution in [1.82, 2.24) is 5.32 Å². The summed E-state index contributed by atoms with van der Waals surface area (Å²) in [4.78, 5) is 4.45. The first-order valence-electron chi connectivity index (χ1n) is 8.70. The molecule has 132 valence electrons. The standard InChI is InChI=1S/C18H25F2N3O/c19-13-5-6-15(16(20)10-13)18(7-1-2-8-18)12-23-17(21)22-11-14-4-3-9-24-14/h5-6,10,14H,1-4,7-9,11-12H2,(H3,21,22,23). The first-order chi connectivity index (χ1) is 11.6. The van der Waals surface area contributed by atoms with Crippen LogP contribution in [0.25, 0.3) is 0 Å². The first-order valence-corrected chi connectivity index (χ1v) is 8.70. The van der Waals surface area contributed by atoms with Crippen LogP contribution in [-0.2, 0) is 10.2 Å². The lowest BCUT2D eigenvalue weighted by atomic mass is 9.78. The highest BCUT2D eigenvalue weighted by Crippen LogP contribution is 2.42. The van der Waals surface area contributed by atoms with E-state index in [1.165, 1.54) is 6.07 Å². The lowest BCUT2D eigenvalue weighted by Crippen LogP contribution is -2.38. The Balaban J connectivity index is 1.67. The number of hydrogen-bond acceptors (Lipinski definition) is 2. The molecule has 0 aromatic heterocycles. The minimum absolute atomic E-state index is 0.189. The number of guanidine groups is 1. The third-order valence-electron chi connectivity index (χ3n) is 5.15. The fourth-order valence-corrected chi connectivity index (χ4v) is 3.80. The smallest absolute Gasteiger partial charge is 0.188 e. The Kier molecular flexibility index (Phi) is 5.33. The monoisotopic (exact) mass is 337 g/mol. The summed E-state index contributed by atoms with van der Waals surface area (Å²) in [7, 11) is 0. The number of nitrogens with two attached hydrogens (primary N) is 1. The van der Waals surface area contributed by atoms with E-state index < -0.39 is 11.6 Å². The Bertz CT molecular complexity index is 594. The second-order valence-corrected chi connectivity index (χ2v) is 6.83. The van der Waals surface area contributed by atoms with E-state index in [-0.39, 0.29) is 11.5 Å². The van der Waals surface area contributed by atoms with Gasteiger partial charge in [-0.2, -0.15) is 0 Å². The van der Waals surface area contributed by atoms with Gasteiger partial charge >= 0.3 is 0 Å². The van der Waals surface area contributed by atoms with E-state index in [4.69, 9.17) is 10.5 Å². The van der Waals surface area contributed by atoms with Crippen LogP contribution in [0, 0.1) is 11.6 Å². The van der Waals surface area contributed by atoms with Gasteiger partial charge in [0.1, 0.15) is 11.6 Å². The molecule has 1 aliphatic carbocycles. The van der Waals surface area contributed by atoms with Gasteiger partial charge in [-0.25, -0.2) is 8.78 Å². The van der Waals surface area contributed by atoms with Gasteiger partial charge in [0.15, 0.2) is 5.96 Å². The van der Waals surface area contributed by atoms with Crippen molar-refractivity contribution < 1.29 is 13.5 Å². The minimum atomic E-state index is -0.550. The quantitative estimate of drug-likeness (QED) is 0.642. The predicted octanol–water partition coefficient (Wildman–Crippen LogP) is 2.86. The summed E-state index contributed by atoms with van der Waals surface area (Å²) in [6.45, 7) is 1.86. The molecule has 0 radical (unpaired) electrons. The summed E-state index contributed by atoms with van der Waals surface area (Å²) in [5, 5.41) is 3.09. The van der Waals surface area contributed by atoms with Crippen molar-refractivity contribution in [3.63, 3.8) is 0 Å². The first kappa shape index (κ1) is 17.1. The highest BCUT2D eigenvalue weighted by molar-refractivity contribution is 5.77. The van der Waals surface area contributed by atoms with E-state index >= 15 is 0 Å². The largest absolute Gasteiger partial charge is 0.376 e. The number of nitrogens with one attached hydrogen (secondary N) is 1. The van der Waals surface area contributed by atoms with E-state index in [0.717, 1.165) is 51.2 Å². The fourth-order valence-electron chi connectivity index (χ4n) is 3.80. The van der Waals surface area contributed by atoms with Crippen LogP contribution >= 0.6 is 0 Å². The maximum Gasteiger partial charge on any atom is 0.188 e. The van der Waals surface area contributed by atoms with E-state index in [9.17, 15) is 8.78 Å². The molecule has 4 nitrogen and oxygen atoms in total. The zero-order valence-corrected chi connectivity index (χ0v) is 13.9. The minimum Gasteiger partial charge on any atom is -0.376 e. The van der Waals surface area contributed by atoms with Gasteiger partial charge in [-0.15, -0.1) is 0 Å². The number of benzene rings is 1. The SMILES string of the molecule is NC(=NCC1(c2ccc(F)cc2F)CCCC1)NCC1CCCO1. The Morgan fingerprint density at radius 1 is 1.29 bits per heavy atom. The molecule has 1 heterocycles. The van der Waals surface area contributed by atoms with Crippen molar-refractivity contribution >= 4 is 5.96 Å². The highest BCUT2D eigenvalue weighted by Gasteiger charge is 2.37. The lowest BCUT2D eigenvalue weighted by molar-refractivity contribution is 0.114. The Labute approximate surface area is 141 Å². The molecule has 0 amide bonds. The van der Waals surface area contributed by atoms with Gasteiger partial charge in [0.25, 0.3) is 0 Å². The summed E-state index contributed by atoms with van der Waals surface area (Å²) in [6.07, 6.45) is 6.04. The molecule has 3 N–H and O–H groups in total. The van der Waals surface area contributed by atoms with Crippen molar-refractivity contribution in [1.29, 1.82) is 0 Å². The highest BCUT2D eigenvalue weighted by atomic mass is 19.1. The number of nitrogens with zero attached hydrogens (tertiary/aromatic N) is 1. The van der Waals surface area contributed by atoms with E-state index in [1.807, 2.05) is 0 Å². The van der Waals surface area contributed by atoms with Crippen molar-refractivity contribution in [3.05, 3.63) is 35.4 Å². The summed E-state index contributed by atoms with van der Waals surface area (Å²) >= 11 is 0. The molecule has 0 bridgehead atoms. The van der Waals surface area contributed by atoms with Crippen molar-refractivity contribution in [2.75, 3.05) is 19.7 Å². The fraction of sp³-hybridized carbons (Fsp3) is 0.611. The summed E-state index contributed by atoms with van der Waals surface area (Å²) in [5.41, 5.74) is 6.13. The molecule has 6 heteroatoms. The molecule has 0 spiro atoms. The number of halogens is 2.